The number of carbonyl (C=O) groups excluding carboxylic acids is 1. The first-order valence-electron chi connectivity index (χ1n) is 12.7. The smallest absolute Gasteiger partial charge is 0.311 e. The topological polar surface area (TPSA) is 60.5 Å². The van der Waals surface area contributed by atoms with Gasteiger partial charge in [0.25, 0.3) is 0 Å². The maximum Gasteiger partial charge on any atom is 0.311 e. The lowest BCUT2D eigenvalue weighted by Gasteiger charge is -2.49. The van der Waals surface area contributed by atoms with E-state index in [1.165, 1.54) is 30.4 Å². The maximum atomic E-state index is 13.2. The summed E-state index contributed by atoms with van der Waals surface area (Å²) in [5.74, 6) is 2.16. The van der Waals surface area contributed by atoms with Crippen molar-refractivity contribution in [2.24, 2.45) is 23.2 Å². The fourth-order valence-corrected chi connectivity index (χ4v) is 8.14. The van der Waals surface area contributed by atoms with E-state index in [0.717, 1.165) is 37.4 Å². The van der Waals surface area contributed by atoms with E-state index in [2.05, 4.69) is 37.8 Å². The van der Waals surface area contributed by atoms with E-state index in [9.17, 15) is 4.79 Å². The van der Waals surface area contributed by atoms with E-state index in [1.807, 2.05) is 0 Å². The Labute approximate surface area is 196 Å². The number of ether oxygens (including phenoxy) is 4. The molecule has 1 aromatic carbocycles. The van der Waals surface area contributed by atoms with Gasteiger partial charge in [-0.15, -0.1) is 0 Å². The molecule has 1 spiro atoms. The normalized spacial score (nSPS) is 43.6. The van der Waals surface area contributed by atoms with Crippen LogP contribution in [0.2, 0.25) is 0 Å². The zero-order chi connectivity index (χ0) is 23.1. The molecule has 0 bridgehead atoms. The molecule has 5 aliphatic rings. The van der Waals surface area contributed by atoms with Gasteiger partial charge in [-0.2, -0.15) is 0 Å². The Morgan fingerprint density at radius 2 is 1.94 bits per heavy atom. The predicted octanol–water partition coefficient (Wildman–Crippen LogP) is 4.15. The summed E-state index contributed by atoms with van der Waals surface area (Å²) in [5.41, 5.74) is 2.66. The molecule has 8 atom stereocenters. The summed E-state index contributed by atoms with van der Waals surface area (Å²) in [5, 5.41) is 0. The molecule has 180 valence electrons. The van der Waals surface area contributed by atoms with E-state index >= 15 is 0 Å². The number of hydrogen-bond donors (Lipinski definition) is 0. The zero-order valence-corrected chi connectivity index (χ0v) is 20.6. The van der Waals surface area contributed by atoms with Gasteiger partial charge in [-0.3, -0.25) is 9.69 Å². The molecule has 3 heterocycles. The van der Waals surface area contributed by atoms with Crippen LogP contribution in [0.15, 0.2) is 12.1 Å². The van der Waals surface area contributed by atoms with Crippen molar-refractivity contribution in [2.75, 3.05) is 27.3 Å². The minimum Gasteiger partial charge on any atom is -0.493 e. The van der Waals surface area contributed by atoms with Crippen LogP contribution in [0.5, 0.6) is 11.5 Å². The van der Waals surface area contributed by atoms with Crippen LogP contribution in [0, 0.1) is 23.2 Å². The van der Waals surface area contributed by atoms with Crippen molar-refractivity contribution in [3.8, 4) is 11.5 Å². The van der Waals surface area contributed by atoms with Gasteiger partial charge in [0, 0.05) is 30.5 Å². The molecule has 2 saturated carbocycles. The van der Waals surface area contributed by atoms with Gasteiger partial charge in [0.05, 0.1) is 26.2 Å². The average molecular weight is 456 g/mol. The Morgan fingerprint density at radius 1 is 1.18 bits per heavy atom. The highest BCUT2D eigenvalue weighted by atomic mass is 16.6. The van der Waals surface area contributed by atoms with Crippen LogP contribution < -0.4 is 9.47 Å². The quantitative estimate of drug-likeness (QED) is 0.502. The number of benzene rings is 1. The molecule has 6 nitrogen and oxygen atoms in total. The van der Waals surface area contributed by atoms with Crippen molar-refractivity contribution in [1.29, 1.82) is 0 Å². The number of fused-ring (bicyclic) bond motifs is 3. The number of epoxide rings is 1. The second kappa shape index (κ2) is 7.35. The Hall–Kier alpha value is -1.79. The van der Waals surface area contributed by atoms with E-state index in [0.29, 0.717) is 5.92 Å². The first-order chi connectivity index (χ1) is 15.8. The van der Waals surface area contributed by atoms with E-state index in [4.69, 9.17) is 18.9 Å². The first-order valence-corrected chi connectivity index (χ1v) is 12.7. The summed E-state index contributed by atoms with van der Waals surface area (Å²) in [6, 6.07) is 4.42. The third-order valence-electron chi connectivity index (χ3n) is 9.94. The van der Waals surface area contributed by atoms with Gasteiger partial charge in [0.15, 0.2) is 11.5 Å². The summed E-state index contributed by atoms with van der Waals surface area (Å²) in [4.78, 5) is 15.6. The van der Waals surface area contributed by atoms with Crippen molar-refractivity contribution in [3.63, 3.8) is 0 Å². The number of rotatable bonds is 4. The molecule has 2 saturated heterocycles. The van der Waals surface area contributed by atoms with Crippen LogP contribution in [0.4, 0.5) is 0 Å². The molecule has 6 heteroatoms. The third-order valence-corrected chi connectivity index (χ3v) is 9.94. The summed E-state index contributed by atoms with van der Waals surface area (Å²) < 4.78 is 23.7. The fourth-order valence-electron chi connectivity index (χ4n) is 8.14. The molecule has 33 heavy (non-hydrogen) atoms. The molecular weight excluding hydrogens is 418 g/mol. The number of nitrogens with zero attached hydrogens (tertiary/aromatic N) is 1. The minimum absolute atomic E-state index is 0.00941. The highest BCUT2D eigenvalue weighted by Crippen LogP contribution is 2.70. The fraction of sp³-hybridized carbons (Fsp3) is 0.741. The second-order valence-electron chi connectivity index (χ2n) is 11.4. The molecule has 0 radical (unpaired) electrons. The lowest BCUT2D eigenvalue weighted by atomic mass is 9.53. The SMILES string of the molecule is COc1cc2c(cc1OC)[C@H](C)N(C[C@H]1C(=O)O[C@@H]3C[C@@]4(C)CCC[C@H](C)[C@@]45O[C@H]5[C@@H]31)CC2. The largest absolute Gasteiger partial charge is 0.493 e. The van der Waals surface area contributed by atoms with Crippen molar-refractivity contribution in [2.45, 2.75) is 76.7 Å². The van der Waals surface area contributed by atoms with E-state index in [1.54, 1.807) is 14.2 Å². The maximum absolute atomic E-state index is 13.2. The molecule has 1 aromatic rings. The number of carbonyl (C=O) groups is 1. The average Bonchev–Trinajstić information content (AvgIpc) is 3.48. The molecule has 0 amide bonds. The molecule has 6 rings (SSSR count). The van der Waals surface area contributed by atoms with E-state index < -0.39 is 0 Å². The van der Waals surface area contributed by atoms with Crippen molar-refractivity contribution < 1.29 is 23.7 Å². The number of methoxy groups -OCH3 is 2. The van der Waals surface area contributed by atoms with Gasteiger partial charge < -0.3 is 18.9 Å². The Bertz CT molecular complexity index is 980. The molecule has 0 unspecified atom stereocenters. The first kappa shape index (κ1) is 21.7. The van der Waals surface area contributed by atoms with Gasteiger partial charge in [-0.25, -0.2) is 0 Å². The second-order valence-corrected chi connectivity index (χ2v) is 11.4. The van der Waals surface area contributed by atoms with Crippen LogP contribution in [0.25, 0.3) is 0 Å². The van der Waals surface area contributed by atoms with Crippen LogP contribution in [-0.4, -0.2) is 56.0 Å². The lowest BCUT2D eigenvalue weighted by Crippen LogP contribution is -2.54. The van der Waals surface area contributed by atoms with Crippen LogP contribution >= 0.6 is 0 Å². The van der Waals surface area contributed by atoms with Gasteiger partial charge in [-0.1, -0.05) is 20.3 Å². The molecule has 2 aliphatic carbocycles. The van der Waals surface area contributed by atoms with Crippen LogP contribution in [-0.2, 0) is 20.7 Å². The van der Waals surface area contributed by atoms with Crippen molar-refractivity contribution in [1.82, 2.24) is 4.90 Å². The molecule has 4 fully saturated rings. The molecular formula is C27H37NO5. The standard InChI is InChI=1S/C27H37NO5/c1-15-7-6-9-26(3)13-22-23(24-27(15,26)33-24)19(25(29)32-22)14-28-10-8-17-11-20(30-4)21(31-5)12-18(17)16(28)2/h11-12,15-16,19,22-24H,6-10,13-14H2,1-5H3/t15-,16-,19+,22+,23+,24-,26+,27-/m0/s1. The van der Waals surface area contributed by atoms with E-state index in [-0.39, 0.29) is 47.1 Å². The van der Waals surface area contributed by atoms with Gasteiger partial charge in [0.2, 0.25) is 0 Å². The van der Waals surface area contributed by atoms with Crippen molar-refractivity contribution in [3.05, 3.63) is 23.3 Å². The Kier molecular flexibility index (Phi) is 4.84. The third kappa shape index (κ3) is 2.89. The van der Waals surface area contributed by atoms with Gasteiger partial charge >= 0.3 is 5.97 Å². The highest BCUT2D eigenvalue weighted by Gasteiger charge is 2.78. The Balaban J connectivity index is 1.25. The number of hydrogen-bond acceptors (Lipinski definition) is 6. The molecule has 3 aliphatic heterocycles. The lowest BCUT2D eigenvalue weighted by molar-refractivity contribution is -0.146. The summed E-state index contributed by atoms with van der Waals surface area (Å²) >= 11 is 0. The summed E-state index contributed by atoms with van der Waals surface area (Å²) in [6.07, 6.45) is 5.74. The summed E-state index contributed by atoms with van der Waals surface area (Å²) in [7, 11) is 3.36. The number of esters is 1. The molecule has 0 N–H and O–H groups in total. The van der Waals surface area contributed by atoms with Crippen LogP contribution in [0.1, 0.15) is 63.6 Å². The van der Waals surface area contributed by atoms with Crippen molar-refractivity contribution >= 4 is 5.97 Å². The minimum atomic E-state index is -0.109. The monoisotopic (exact) mass is 455 g/mol. The summed E-state index contributed by atoms with van der Waals surface area (Å²) in [6.45, 7) is 8.63. The predicted molar refractivity (Wildman–Crippen MR) is 123 cm³/mol. The zero-order valence-electron chi connectivity index (χ0n) is 20.6. The highest BCUT2D eigenvalue weighted by molar-refractivity contribution is 5.76. The van der Waals surface area contributed by atoms with Gasteiger partial charge in [-0.05, 0) is 61.8 Å². The van der Waals surface area contributed by atoms with Gasteiger partial charge in [0.1, 0.15) is 11.7 Å². The van der Waals surface area contributed by atoms with Crippen LogP contribution in [0.3, 0.4) is 0 Å². The molecule has 0 aromatic heterocycles. The Morgan fingerprint density at radius 3 is 2.70 bits per heavy atom.